The topological polar surface area (TPSA) is 92.7 Å². The maximum Gasteiger partial charge on any atom is 0.323 e. The first-order valence-corrected chi connectivity index (χ1v) is 12.1. The molecular weight excluding hydrogens is 448 g/mol. The number of primary amides is 2. The maximum atomic E-state index is 12.8. The maximum absolute atomic E-state index is 12.8. The van der Waals surface area contributed by atoms with Crippen molar-refractivity contribution < 1.29 is 9.59 Å². The van der Waals surface area contributed by atoms with Gasteiger partial charge >= 0.3 is 12.1 Å². The number of benzene rings is 4. The van der Waals surface area contributed by atoms with Crippen LogP contribution in [0.1, 0.15) is 45.9 Å². The Bertz CT molecular complexity index is 1340. The third-order valence-electron chi connectivity index (χ3n) is 8.14. The second kappa shape index (κ2) is 7.46. The summed E-state index contributed by atoms with van der Waals surface area (Å²) in [5.74, 6) is 0.329. The van der Waals surface area contributed by atoms with Crippen LogP contribution in [0.5, 0.6) is 0 Å². The van der Waals surface area contributed by atoms with Crippen molar-refractivity contribution in [1.82, 2.24) is 0 Å². The fourth-order valence-electron chi connectivity index (χ4n) is 6.92. The lowest BCUT2D eigenvalue weighted by molar-refractivity contribution is 0.234. The van der Waals surface area contributed by atoms with Gasteiger partial charge in [-0.05, 0) is 46.5 Å². The molecule has 0 unspecified atom stereocenters. The molecule has 0 spiro atoms. The molecule has 1 saturated carbocycles. The van der Waals surface area contributed by atoms with Gasteiger partial charge in [-0.1, -0.05) is 72.8 Å². The molecule has 7 rings (SSSR count). The summed E-state index contributed by atoms with van der Waals surface area (Å²) in [6.45, 7) is 0. The predicted molar refractivity (Wildman–Crippen MR) is 140 cm³/mol. The Labute approximate surface area is 208 Å². The number of para-hydroxylation sites is 4. The van der Waals surface area contributed by atoms with Crippen LogP contribution in [0.2, 0.25) is 0 Å². The number of nitrogens with zero attached hydrogens (tertiary/aromatic N) is 2. The molecule has 176 valence electrons. The van der Waals surface area contributed by atoms with Crippen LogP contribution in [0.4, 0.5) is 32.3 Å². The minimum atomic E-state index is -0.503. The first-order chi connectivity index (χ1) is 17.6. The van der Waals surface area contributed by atoms with E-state index >= 15 is 0 Å². The molecule has 1 aliphatic carbocycles. The van der Waals surface area contributed by atoms with Crippen LogP contribution < -0.4 is 21.3 Å². The Kier molecular flexibility index (Phi) is 4.30. The highest BCUT2D eigenvalue weighted by molar-refractivity contribution is 6.03. The minimum absolute atomic E-state index is 0.0822. The third kappa shape index (κ3) is 2.61. The predicted octanol–water partition coefficient (Wildman–Crippen LogP) is 6.20. The number of urea groups is 2. The average Bonchev–Trinajstić information content (AvgIpc) is 3.04. The summed E-state index contributed by atoms with van der Waals surface area (Å²) in [7, 11) is 0. The van der Waals surface area contributed by atoms with E-state index in [0.29, 0.717) is 0 Å². The number of carbonyl (C=O) groups is 2. The Morgan fingerprint density at radius 2 is 0.667 bits per heavy atom. The quantitative estimate of drug-likeness (QED) is 0.319. The zero-order chi connectivity index (χ0) is 24.6. The van der Waals surface area contributed by atoms with Crippen LogP contribution in [0.3, 0.4) is 0 Å². The Morgan fingerprint density at radius 1 is 0.444 bits per heavy atom. The number of fused-ring (bicyclic) bond motifs is 12. The van der Waals surface area contributed by atoms with Gasteiger partial charge in [-0.25, -0.2) is 9.59 Å². The Balaban J connectivity index is 1.58. The molecular formula is C30H24N4O2. The second-order valence-corrected chi connectivity index (χ2v) is 9.69. The Hall–Kier alpha value is -4.58. The fourth-order valence-corrected chi connectivity index (χ4v) is 6.92. The molecule has 0 aromatic heterocycles. The van der Waals surface area contributed by atoms with E-state index in [-0.39, 0.29) is 23.7 Å². The van der Waals surface area contributed by atoms with E-state index in [1.54, 1.807) is 9.80 Å². The van der Waals surface area contributed by atoms with E-state index in [1.807, 2.05) is 72.8 Å². The van der Waals surface area contributed by atoms with E-state index in [4.69, 9.17) is 11.5 Å². The smallest absolute Gasteiger partial charge is 0.323 e. The molecule has 36 heavy (non-hydrogen) atoms. The number of anilines is 4. The van der Waals surface area contributed by atoms with Crippen LogP contribution in [0, 0.1) is 0 Å². The molecule has 3 aliphatic rings. The van der Waals surface area contributed by atoms with Gasteiger partial charge < -0.3 is 11.5 Å². The molecule has 0 bridgehead atoms. The molecule has 4 aromatic carbocycles. The lowest BCUT2D eigenvalue weighted by atomic mass is 9.49. The summed E-state index contributed by atoms with van der Waals surface area (Å²) >= 11 is 0. The normalized spacial score (nSPS) is 22.8. The molecule has 6 heteroatoms. The first kappa shape index (κ1) is 20.8. The van der Waals surface area contributed by atoms with Gasteiger partial charge in [-0.15, -0.1) is 0 Å². The minimum Gasteiger partial charge on any atom is -0.351 e. The van der Waals surface area contributed by atoms with Gasteiger partial charge in [0.15, 0.2) is 0 Å². The van der Waals surface area contributed by atoms with E-state index < -0.39 is 12.1 Å². The summed E-state index contributed by atoms with van der Waals surface area (Å²) < 4.78 is 0. The molecule has 4 amide bonds. The van der Waals surface area contributed by atoms with Gasteiger partial charge in [0, 0.05) is 23.7 Å². The molecule has 0 atom stereocenters. The standard InChI is InChI=1S/C30H24N4O2/c31-29(35)33-21-13-5-1-9-17(21)25-26(18-10-2-6-14-22(18)33)28-20-12-4-8-16-24(20)34(30(32)36)23-15-7-3-11-19(23)27(25)28/h1-16,25-28H,(H2,31,35)(H2,32,36). The summed E-state index contributed by atoms with van der Waals surface area (Å²) in [4.78, 5) is 29.0. The van der Waals surface area contributed by atoms with Crippen molar-refractivity contribution in [2.45, 2.75) is 23.7 Å². The number of hydrogen-bond donors (Lipinski definition) is 2. The van der Waals surface area contributed by atoms with Crippen molar-refractivity contribution in [1.29, 1.82) is 0 Å². The molecule has 0 radical (unpaired) electrons. The number of nitrogens with two attached hydrogens (primary N) is 2. The molecule has 1 fully saturated rings. The largest absolute Gasteiger partial charge is 0.351 e. The van der Waals surface area contributed by atoms with Gasteiger partial charge in [-0.2, -0.15) is 0 Å². The van der Waals surface area contributed by atoms with Crippen molar-refractivity contribution in [2.24, 2.45) is 11.5 Å². The van der Waals surface area contributed by atoms with Gasteiger partial charge in [-0.3, -0.25) is 9.80 Å². The van der Waals surface area contributed by atoms with Crippen molar-refractivity contribution in [2.75, 3.05) is 9.80 Å². The van der Waals surface area contributed by atoms with Crippen LogP contribution in [-0.2, 0) is 0 Å². The van der Waals surface area contributed by atoms with E-state index in [9.17, 15) is 9.59 Å². The zero-order valence-electron chi connectivity index (χ0n) is 19.4. The van der Waals surface area contributed by atoms with Crippen LogP contribution in [0.15, 0.2) is 97.1 Å². The summed E-state index contributed by atoms with van der Waals surface area (Å²) in [6, 6.07) is 31.2. The second-order valence-electron chi connectivity index (χ2n) is 9.69. The summed E-state index contributed by atoms with van der Waals surface area (Å²) in [6.07, 6.45) is 0. The molecule has 6 nitrogen and oxygen atoms in total. The summed E-state index contributed by atoms with van der Waals surface area (Å²) in [5.41, 5.74) is 19.5. The van der Waals surface area contributed by atoms with Gasteiger partial charge in [0.25, 0.3) is 0 Å². The van der Waals surface area contributed by atoms with Gasteiger partial charge in [0.05, 0.1) is 22.7 Å². The van der Waals surface area contributed by atoms with E-state index in [2.05, 4.69) is 24.3 Å². The molecule has 2 heterocycles. The monoisotopic (exact) mass is 472 g/mol. The fraction of sp³-hybridized carbons (Fsp3) is 0.133. The van der Waals surface area contributed by atoms with E-state index in [1.165, 1.54) is 0 Å². The van der Waals surface area contributed by atoms with Crippen molar-refractivity contribution in [3.63, 3.8) is 0 Å². The van der Waals surface area contributed by atoms with Gasteiger partial charge in [0.2, 0.25) is 0 Å². The van der Waals surface area contributed by atoms with Crippen molar-refractivity contribution in [3.05, 3.63) is 119 Å². The average molecular weight is 473 g/mol. The van der Waals surface area contributed by atoms with Gasteiger partial charge in [0.1, 0.15) is 0 Å². The highest BCUT2D eigenvalue weighted by Crippen LogP contribution is 2.72. The lowest BCUT2D eigenvalue weighted by Gasteiger charge is -2.52. The molecule has 4 aromatic rings. The SMILES string of the molecule is NC(=O)N1c2ccccc2C2C(c3ccccc31)C1c3ccccc3N(C(N)=O)c3ccccc3C21. The highest BCUT2D eigenvalue weighted by atomic mass is 16.2. The molecule has 4 N–H and O–H groups in total. The van der Waals surface area contributed by atoms with Crippen LogP contribution in [-0.4, -0.2) is 12.1 Å². The lowest BCUT2D eigenvalue weighted by Crippen LogP contribution is -2.39. The number of amides is 4. The Morgan fingerprint density at radius 3 is 0.889 bits per heavy atom. The number of hydrogen-bond acceptors (Lipinski definition) is 2. The molecule has 2 aliphatic heterocycles. The van der Waals surface area contributed by atoms with Crippen molar-refractivity contribution >= 4 is 34.8 Å². The van der Waals surface area contributed by atoms with Crippen LogP contribution in [0.25, 0.3) is 0 Å². The highest BCUT2D eigenvalue weighted by Gasteiger charge is 2.58. The van der Waals surface area contributed by atoms with E-state index in [0.717, 1.165) is 45.0 Å². The summed E-state index contributed by atoms with van der Waals surface area (Å²) in [5, 5.41) is 0. The number of carbonyl (C=O) groups excluding carboxylic acids is 2. The molecule has 0 saturated heterocycles. The van der Waals surface area contributed by atoms with Crippen molar-refractivity contribution in [3.8, 4) is 0 Å². The zero-order valence-corrected chi connectivity index (χ0v) is 19.4. The van der Waals surface area contributed by atoms with Crippen LogP contribution >= 0.6 is 0 Å². The third-order valence-corrected chi connectivity index (χ3v) is 8.14. The number of rotatable bonds is 0. The first-order valence-electron chi connectivity index (χ1n) is 12.1.